The quantitative estimate of drug-likeness (QED) is 0.125. The summed E-state index contributed by atoms with van der Waals surface area (Å²) in [4.78, 5) is 26.1. The zero-order valence-corrected chi connectivity index (χ0v) is 30.7. The Bertz CT molecular complexity index is 1020. The predicted octanol–water partition coefficient (Wildman–Crippen LogP) is 11.5. The lowest BCUT2D eigenvalue weighted by atomic mass is 9.69. The number of unbranched alkanes of at least 4 members (excludes halogenated alkanes) is 2. The van der Waals surface area contributed by atoms with Crippen molar-refractivity contribution in [1.29, 1.82) is 0 Å². The molecule has 0 amide bonds. The minimum Gasteiger partial charge on any atom is -0.425 e. The second kappa shape index (κ2) is 15.5. The number of hydrogen-bond donors (Lipinski definition) is 0. The Balaban J connectivity index is 2.06. The van der Waals surface area contributed by atoms with Crippen LogP contribution in [0.4, 0.5) is 0 Å². The molecule has 2 rings (SSSR count). The molecule has 2 atom stereocenters. The molecule has 4 nitrogen and oxygen atoms in total. The molecule has 2 aliphatic carbocycles. The Kier molecular flexibility index (Phi) is 13.4. The SMILES string of the molecule is CCCCCC(OC(=O)CCC1=CC(C(C)(C)C)CC(C(C)(C)C)=C1)OC(=O)CCC1=CC(C(C)(C)C)CC(C(C)(C)C)=C1. The van der Waals surface area contributed by atoms with Gasteiger partial charge in [-0.3, -0.25) is 9.59 Å². The molecule has 2 unspecified atom stereocenters. The monoisotopic (exact) mass is 610 g/mol. The Labute approximate surface area is 271 Å². The second-order valence-electron chi connectivity index (χ2n) is 17.6. The summed E-state index contributed by atoms with van der Waals surface area (Å²) in [6.07, 6.45) is 15.8. The third-order valence-corrected chi connectivity index (χ3v) is 9.39. The fraction of sp³-hybridized carbons (Fsp3) is 0.750. The molecule has 0 aromatic heterocycles. The van der Waals surface area contributed by atoms with Gasteiger partial charge in [-0.05, 0) is 65.6 Å². The molecule has 2 aliphatic rings. The van der Waals surface area contributed by atoms with Crippen molar-refractivity contribution in [2.45, 2.75) is 161 Å². The first-order chi connectivity index (χ1) is 20.1. The van der Waals surface area contributed by atoms with Crippen molar-refractivity contribution in [1.82, 2.24) is 0 Å². The van der Waals surface area contributed by atoms with Gasteiger partial charge in [0.15, 0.2) is 0 Å². The van der Waals surface area contributed by atoms with E-state index in [0.717, 1.165) is 32.1 Å². The molecule has 0 saturated heterocycles. The van der Waals surface area contributed by atoms with Crippen molar-refractivity contribution < 1.29 is 19.1 Å². The highest BCUT2D eigenvalue weighted by Gasteiger charge is 2.32. The third kappa shape index (κ3) is 12.7. The van der Waals surface area contributed by atoms with Crippen molar-refractivity contribution in [3.63, 3.8) is 0 Å². The largest absolute Gasteiger partial charge is 0.425 e. The van der Waals surface area contributed by atoms with Crippen LogP contribution in [0.2, 0.25) is 0 Å². The Hall–Kier alpha value is -2.10. The molecule has 44 heavy (non-hydrogen) atoms. The standard InChI is InChI=1S/C40H66O4/c1-14-15-16-17-36(43-34(41)20-18-28-22-30(37(2,3)4)26-31(23-28)38(5,6)7)44-35(42)21-19-29-24-32(39(8,9)10)27-33(25-29)40(11,12)13/h22-25,30,32,36H,14-21,26-27H2,1-13H3. The first-order valence-electron chi connectivity index (χ1n) is 17.3. The summed E-state index contributed by atoms with van der Waals surface area (Å²) in [6.45, 7) is 29.4. The molecule has 0 bridgehead atoms. The second-order valence-corrected chi connectivity index (χ2v) is 17.6. The van der Waals surface area contributed by atoms with Crippen molar-refractivity contribution in [2.75, 3.05) is 0 Å². The molecule has 250 valence electrons. The van der Waals surface area contributed by atoms with Crippen LogP contribution in [0.3, 0.4) is 0 Å². The van der Waals surface area contributed by atoms with Gasteiger partial charge in [-0.1, -0.05) is 149 Å². The number of ether oxygens (including phenoxy) is 2. The van der Waals surface area contributed by atoms with E-state index in [-0.39, 0.29) is 46.4 Å². The highest BCUT2D eigenvalue weighted by atomic mass is 16.7. The van der Waals surface area contributed by atoms with Crippen LogP contribution in [0.1, 0.15) is 154 Å². The summed E-state index contributed by atoms with van der Waals surface area (Å²) in [5.41, 5.74) is 5.76. The Morgan fingerprint density at radius 2 is 1.07 bits per heavy atom. The van der Waals surface area contributed by atoms with Gasteiger partial charge >= 0.3 is 11.9 Å². The maximum absolute atomic E-state index is 13.1. The van der Waals surface area contributed by atoms with E-state index in [1.54, 1.807) is 0 Å². The smallest absolute Gasteiger partial charge is 0.309 e. The fourth-order valence-corrected chi connectivity index (χ4v) is 5.85. The van der Waals surface area contributed by atoms with Crippen LogP contribution in [-0.4, -0.2) is 18.2 Å². The minimum atomic E-state index is -0.826. The molecule has 4 heteroatoms. The van der Waals surface area contributed by atoms with E-state index < -0.39 is 6.29 Å². The molecule has 0 aliphatic heterocycles. The molecule has 0 aromatic rings. The van der Waals surface area contributed by atoms with Crippen LogP contribution >= 0.6 is 0 Å². The predicted molar refractivity (Wildman–Crippen MR) is 185 cm³/mol. The number of esters is 2. The van der Waals surface area contributed by atoms with Crippen molar-refractivity contribution in [3.05, 3.63) is 46.6 Å². The summed E-state index contributed by atoms with van der Waals surface area (Å²) < 4.78 is 11.6. The van der Waals surface area contributed by atoms with Gasteiger partial charge in [0, 0.05) is 19.3 Å². The normalized spacial score (nSPS) is 20.7. The lowest BCUT2D eigenvalue weighted by Gasteiger charge is -2.36. The molecule has 0 radical (unpaired) electrons. The number of allylic oxidation sites excluding steroid dienone is 8. The summed E-state index contributed by atoms with van der Waals surface area (Å²) in [5, 5.41) is 0. The summed E-state index contributed by atoms with van der Waals surface area (Å²) >= 11 is 0. The van der Waals surface area contributed by atoms with E-state index in [0.29, 0.717) is 31.1 Å². The van der Waals surface area contributed by atoms with E-state index in [4.69, 9.17) is 9.47 Å². The van der Waals surface area contributed by atoms with E-state index in [9.17, 15) is 9.59 Å². The van der Waals surface area contributed by atoms with Crippen LogP contribution in [0.5, 0.6) is 0 Å². The molecule has 0 aromatic carbocycles. The molecule has 0 saturated carbocycles. The first kappa shape index (κ1) is 38.1. The topological polar surface area (TPSA) is 52.6 Å². The first-order valence-corrected chi connectivity index (χ1v) is 17.3. The van der Waals surface area contributed by atoms with Gasteiger partial charge in [-0.15, -0.1) is 0 Å². The van der Waals surface area contributed by atoms with Gasteiger partial charge in [0.25, 0.3) is 0 Å². The van der Waals surface area contributed by atoms with E-state index in [2.05, 4.69) is 114 Å². The van der Waals surface area contributed by atoms with Crippen LogP contribution in [0.15, 0.2) is 46.6 Å². The fourth-order valence-electron chi connectivity index (χ4n) is 5.85. The van der Waals surface area contributed by atoms with E-state index in [1.807, 2.05) is 0 Å². The number of carbonyl (C=O) groups is 2. The number of rotatable bonds is 12. The average Bonchev–Trinajstić information content (AvgIpc) is 2.88. The third-order valence-electron chi connectivity index (χ3n) is 9.39. The van der Waals surface area contributed by atoms with Crippen LogP contribution in [0, 0.1) is 33.5 Å². The van der Waals surface area contributed by atoms with Crippen molar-refractivity contribution >= 4 is 11.9 Å². The summed E-state index contributed by atoms with van der Waals surface area (Å²) in [6, 6.07) is 0. The van der Waals surface area contributed by atoms with Gasteiger partial charge < -0.3 is 9.47 Å². The van der Waals surface area contributed by atoms with Crippen LogP contribution in [-0.2, 0) is 19.1 Å². The molecular formula is C40H66O4. The number of hydrogen-bond acceptors (Lipinski definition) is 4. The van der Waals surface area contributed by atoms with Gasteiger partial charge in [0.05, 0.1) is 0 Å². The Morgan fingerprint density at radius 3 is 1.39 bits per heavy atom. The summed E-state index contributed by atoms with van der Waals surface area (Å²) in [7, 11) is 0. The van der Waals surface area contributed by atoms with Gasteiger partial charge in [-0.2, -0.15) is 0 Å². The lowest BCUT2D eigenvalue weighted by molar-refractivity contribution is -0.189. The minimum absolute atomic E-state index is 0.0908. The zero-order chi connectivity index (χ0) is 33.5. The zero-order valence-electron chi connectivity index (χ0n) is 30.7. The van der Waals surface area contributed by atoms with E-state index in [1.165, 1.54) is 22.3 Å². The average molecular weight is 611 g/mol. The van der Waals surface area contributed by atoms with Crippen LogP contribution < -0.4 is 0 Å². The van der Waals surface area contributed by atoms with Gasteiger partial charge in [0.2, 0.25) is 6.29 Å². The molecule has 0 heterocycles. The van der Waals surface area contributed by atoms with Crippen LogP contribution in [0.25, 0.3) is 0 Å². The van der Waals surface area contributed by atoms with Gasteiger partial charge in [0.1, 0.15) is 0 Å². The van der Waals surface area contributed by atoms with Gasteiger partial charge in [-0.25, -0.2) is 0 Å². The molecular weight excluding hydrogens is 544 g/mol. The summed E-state index contributed by atoms with van der Waals surface area (Å²) in [5.74, 6) is 0.264. The maximum Gasteiger partial charge on any atom is 0.309 e. The molecule has 0 spiro atoms. The highest BCUT2D eigenvalue weighted by Crippen LogP contribution is 2.44. The van der Waals surface area contributed by atoms with Crippen molar-refractivity contribution in [3.8, 4) is 0 Å². The van der Waals surface area contributed by atoms with Crippen molar-refractivity contribution in [2.24, 2.45) is 33.5 Å². The lowest BCUT2D eigenvalue weighted by Crippen LogP contribution is -2.26. The number of carbonyl (C=O) groups excluding carboxylic acids is 2. The molecule has 0 N–H and O–H groups in total. The van der Waals surface area contributed by atoms with E-state index >= 15 is 0 Å². The Morgan fingerprint density at radius 1 is 0.682 bits per heavy atom. The maximum atomic E-state index is 13.1. The highest BCUT2D eigenvalue weighted by molar-refractivity contribution is 5.72. The molecule has 0 fully saturated rings.